The van der Waals surface area contributed by atoms with Gasteiger partial charge < -0.3 is 4.90 Å². The molecule has 0 aliphatic carbocycles. The van der Waals surface area contributed by atoms with E-state index in [9.17, 15) is 0 Å². The topological polar surface area (TPSA) is 41.3 Å². The van der Waals surface area contributed by atoms with E-state index in [0.29, 0.717) is 6.42 Å². The van der Waals surface area contributed by atoms with Gasteiger partial charge in [0, 0.05) is 26.2 Å². The van der Waals surface area contributed by atoms with Crippen LogP contribution in [0.5, 0.6) is 0 Å². The Morgan fingerprint density at radius 2 is 2.00 bits per heavy atom. The lowest BCUT2D eigenvalue weighted by Crippen LogP contribution is -2.27. The summed E-state index contributed by atoms with van der Waals surface area (Å²) in [5.41, 5.74) is 4.99. The van der Waals surface area contributed by atoms with Crippen molar-refractivity contribution in [2.75, 3.05) is 19.0 Å². The Morgan fingerprint density at radius 3 is 2.40 bits per heavy atom. The minimum atomic E-state index is 0.0335. The second-order valence-corrected chi connectivity index (χ2v) is 3.61. The van der Waals surface area contributed by atoms with Crippen molar-refractivity contribution in [2.24, 2.45) is 5.84 Å². The van der Waals surface area contributed by atoms with E-state index in [1.807, 2.05) is 26.2 Å². The Kier molecular flexibility index (Phi) is 4.17. The fourth-order valence-corrected chi connectivity index (χ4v) is 1.40. The zero-order chi connectivity index (χ0) is 11.3. The molecule has 1 unspecified atom stereocenters. The van der Waals surface area contributed by atoms with Gasteiger partial charge in [-0.25, -0.2) is 0 Å². The third-order valence-electron chi connectivity index (χ3n) is 2.34. The summed E-state index contributed by atoms with van der Waals surface area (Å²) in [6.45, 7) is 0. The van der Waals surface area contributed by atoms with Gasteiger partial charge in [0.25, 0.3) is 0 Å². The monoisotopic (exact) mass is 203 g/mol. The maximum Gasteiger partial charge on any atom is 0.0569 e. The molecule has 0 fully saturated rings. The van der Waals surface area contributed by atoms with Gasteiger partial charge in [-0.15, -0.1) is 12.3 Å². The number of terminal acetylenes is 1. The van der Waals surface area contributed by atoms with E-state index in [-0.39, 0.29) is 6.04 Å². The molecule has 15 heavy (non-hydrogen) atoms. The van der Waals surface area contributed by atoms with E-state index in [2.05, 4.69) is 28.4 Å². The van der Waals surface area contributed by atoms with E-state index in [1.54, 1.807) is 0 Å². The summed E-state index contributed by atoms with van der Waals surface area (Å²) in [4.78, 5) is 2.05. The second-order valence-electron chi connectivity index (χ2n) is 3.61. The van der Waals surface area contributed by atoms with Crippen LogP contribution < -0.4 is 16.2 Å². The Balaban J connectivity index is 2.83. The summed E-state index contributed by atoms with van der Waals surface area (Å²) in [7, 11) is 4.02. The van der Waals surface area contributed by atoms with Crippen LogP contribution in [0, 0.1) is 12.3 Å². The first kappa shape index (κ1) is 11.6. The molecule has 0 aliphatic rings. The number of benzene rings is 1. The van der Waals surface area contributed by atoms with Crippen molar-refractivity contribution in [3.05, 3.63) is 29.8 Å². The van der Waals surface area contributed by atoms with Gasteiger partial charge >= 0.3 is 0 Å². The van der Waals surface area contributed by atoms with E-state index >= 15 is 0 Å². The standard InChI is InChI=1S/C12H17N3/c1-4-5-12(14-13)10-6-8-11(9-7-10)15(2)3/h1,6-9,12,14H,5,13H2,2-3H3. The molecule has 3 nitrogen and oxygen atoms in total. The number of hydrogen-bond donors (Lipinski definition) is 2. The second kappa shape index (κ2) is 5.40. The first-order chi connectivity index (χ1) is 7.19. The van der Waals surface area contributed by atoms with Gasteiger partial charge in [-0.1, -0.05) is 12.1 Å². The highest BCUT2D eigenvalue weighted by molar-refractivity contribution is 5.46. The van der Waals surface area contributed by atoms with Gasteiger partial charge in [0.05, 0.1) is 6.04 Å². The Labute approximate surface area is 91.2 Å². The Morgan fingerprint density at radius 1 is 1.40 bits per heavy atom. The summed E-state index contributed by atoms with van der Waals surface area (Å²) >= 11 is 0. The maximum absolute atomic E-state index is 5.43. The van der Waals surface area contributed by atoms with Crippen LogP contribution in [-0.2, 0) is 0 Å². The lowest BCUT2D eigenvalue weighted by molar-refractivity contribution is 0.568. The average molecular weight is 203 g/mol. The van der Waals surface area contributed by atoms with Crippen molar-refractivity contribution in [3.63, 3.8) is 0 Å². The number of hydrazine groups is 1. The molecule has 0 spiro atoms. The largest absolute Gasteiger partial charge is 0.378 e. The number of hydrogen-bond acceptors (Lipinski definition) is 3. The van der Waals surface area contributed by atoms with Crippen LogP contribution in [0.25, 0.3) is 0 Å². The first-order valence-electron chi connectivity index (χ1n) is 4.86. The molecule has 0 aliphatic heterocycles. The predicted octanol–water partition coefficient (Wildman–Crippen LogP) is 1.28. The third-order valence-corrected chi connectivity index (χ3v) is 2.34. The lowest BCUT2D eigenvalue weighted by Gasteiger charge is -2.16. The van der Waals surface area contributed by atoms with Crippen molar-refractivity contribution in [1.82, 2.24) is 5.43 Å². The minimum absolute atomic E-state index is 0.0335. The van der Waals surface area contributed by atoms with E-state index in [4.69, 9.17) is 12.3 Å². The van der Waals surface area contributed by atoms with Crippen molar-refractivity contribution in [3.8, 4) is 12.3 Å². The fraction of sp³-hybridized carbons (Fsp3) is 0.333. The summed E-state index contributed by atoms with van der Waals surface area (Å²) in [6.07, 6.45) is 5.86. The molecule has 1 aromatic carbocycles. The normalized spacial score (nSPS) is 11.9. The van der Waals surface area contributed by atoms with Gasteiger partial charge in [0.2, 0.25) is 0 Å². The smallest absolute Gasteiger partial charge is 0.0569 e. The lowest BCUT2D eigenvalue weighted by atomic mass is 10.0. The van der Waals surface area contributed by atoms with Crippen molar-refractivity contribution in [1.29, 1.82) is 0 Å². The maximum atomic E-state index is 5.43. The van der Waals surface area contributed by atoms with Gasteiger partial charge in [0.1, 0.15) is 0 Å². The van der Waals surface area contributed by atoms with Crippen LogP contribution >= 0.6 is 0 Å². The summed E-state index contributed by atoms with van der Waals surface area (Å²) in [6, 6.07) is 8.21. The highest BCUT2D eigenvalue weighted by Gasteiger charge is 2.07. The number of nitrogens with two attached hydrogens (primary N) is 1. The molecule has 3 N–H and O–H groups in total. The molecule has 0 saturated carbocycles. The number of nitrogens with one attached hydrogen (secondary N) is 1. The van der Waals surface area contributed by atoms with Gasteiger partial charge in [-0.2, -0.15) is 0 Å². The molecule has 3 heteroatoms. The van der Waals surface area contributed by atoms with Gasteiger partial charge in [-0.3, -0.25) is 11.3 Å². The van der Waals surface area contributed by atoms with Crippen LogP contribution in [0.2, 0.25) is 0 Å². The van der Waals surface area contributed by atoms with Crippen LogP contribution in [0.3, 0.4) is 0 Å². The van der Waals surface area contributed by atoms with Crippen LogP contribution in [0.1, 0.15) is 18.0 Å². The number of nitrogens with zero attached hydrogens (tertiary/aromatic N) is 1. The SMILES string of the molecule is C#CCC(NN)c1ccc(N(C)C)cc1. The summed E-state index contributed by atoms with van der Waals surface area (Å²) in [5.74, 6) is 8.03. The molecule has 1 rings (SSSR count). The van der Waals surface area contributed by atoms with Crippen LogP contribution in [0.15, 0.2) is 24.3 Å². The molecule has 0 saturated heterocycles. The van der Waals surface area contributed by atoms with Crippen LogP contribution in [-0.4, -0.2) is 14.1 Å². The van der Waals surface area contributed by atoms with Crippen molar-refractivity contribution in [2.45, 2.75) is 12.5 Å². The fourth-order valence-electron chi connectivity index (χ4n) is 1.40. The molecular weight excluding hydrogens is 186 g/mol. The highest BCUT2D eigenvalue weighted by Crippen LogP contribution is 2.19. The Hall–Kier alpha value is -1.50. The molecule has 1 aromatic rings. The average Bonchev–Trinajstić information content (AvgIpc) is 2.26. The van der Waals surface area contributed by atoms with E-state index < -0.39 is 0 Å². The Bertz CT molecular complexity index is 335. The summed E-state index contributed by atoms with van der Waals surface area (Å²) < 4.78 is 0. The minimum Gasteiger partial charge on any atom is -0.378 e. The van der Waals surface area contributed by atoms with E-state index in [0.717, 1.165) is 11.3 Å². The zero-order valence-corrected chi connectivity index (χ0v) is 9.20. The molecule has 0 amide bonds. The van der Waals surface area contributed by atoms with Gasteiger partial charge in [-0.05, 0) is 17.7 Å². The van der Waals surface area contributed by atoms with Crippen LogP contribution in [0.4, 0.5) is 5.69 Å². The molecule has 0 radical (unpaired) electrons. The number of rotatable bonds is 4. The molecule has 80 valence electrons. The molecule has 0 heterocycles. The van der Waals surface area contributed by atoms with Crippen molar-refractivity contribution >= 4 is 5.69 Å². The van der Waals surface area contributed by atoms with E-state index in [1.165, 1.54) is 0 Å². The quantitative estimate of drug-likeness (QED) is 0.440. The van der Waals surface area contributed by atoms with Crippen molar-refractivity contribution < 1.29 is 0 Å². The first-order valence-corrected chi connectivity index (χ1v) is 4.86. The number of anilines is 1. The van der Waals surface area contributed by atoms with Gasteiger partial charge in [0.15, 0.2) is 0 Å². The third kappa shape index (κ3) is 2.98. The zero-order valence-electron chi connectivity index (χ0n) is 9.20. The molecule has 0 bridgehead atoms. The summed E-state index contributed by atoms with van der Waals surface area (Å²) in [5, 5.41) is 0. The predicted molar refractivity (Wildman–Crippen MR) is 64.3 cm³/mol. The molecular formula is C12H17N3. The molecule has 0 aromatic heterocycles. The highest BCUT2D eigenvalue weighted by atomic mass is 15.2. The molecule has 1 atom stereocenters.